The summed E-state index contributed by atoms with van der Waals surface area (Å²) in [5, 5.41) is 18.0. The molecular weight excluding hydrogens is 237 g/mol. The van der Waals surface area contributed by atoms with Crippen molar-refractivity contribution in [2.24, 2.45) is 0 Å². The second-order valence-electron chi connectivity index (χ2n) is 4.21. The average Bonchev–Trinajstić information content (AvgIpc) is 2.43. The first-order chi connectivity index (χ1) is 9.13. The fourth-order valence-corrected chi connectivity index (χ4v) is 1.74. The van der Waals surface area contributed by atoms with Gasteiger partial charge in [0.1, 0.15) is 19.3 Å². The smallest absolute Gasteiger partial charge is 0.130 e. The standard InChI is InChI=1S/C15H12BNO2/c1-10-6-11(8-17)2-5-15(10)19-13-3-4-14(16)12(7-13)9-18/h2-7,18H,9H2,1H3. The summed E-state index contributed by atoms with van der Waals surface area (Å²) in [4.78, 5) is 0. The molecule has 0 aromatic heterocycles. The minimum Gasteiger partial charge on any atom is -0.457 e. The maximum atomic E-state index is 9.16. The highest BCUT2D eigenvalue weighted by atomic mass is 16.5. The highest BCUT2D eigenvalue weighted by Gasteiger charge is 2.05. The lowest BCUT2D eigenvalue weighted by Crippen LogP contribution is -2.09. The van der Waals surface area contributed by atoms with Gasteiger partial charge in [-0.3, -0.25) is 0 Å². The molecule has 0 heterocycles. The Morgan fingerprint density at radius 3 is 2.68 bits per heavy atom. The first-order valence-corrected chi connectivity index (χ1v) is 5.82. The third kappa shape index (κ3) is 2.96. The Balaban J connectivity index is 2.29. The van der Waals surface area contributed by atoms with E-state index in [1.165, 1.54) is 0 Å². The number of benzene rings is 2. The van der Waals surface area contributed by atoms with Gasteiger partial charge in [-0.15, -0.1) is 0 Å². The fraction of sp³-hybridized carbons (Fsp3) is 0.133. The molecule has 2 radical (unpaired) electrons. The molecule has 92 valence electrons. The van der Waals surface area contributed by atoms with Crippen LogP contribution in [0.1, 0.15) is 16.7 Å². The summed E-state index contributed by atoms with van der Waals surface area (Å²) in [7, 11) is 5.71. The molecule has 0 saturated heterocycles. The molecule has 2 aromatic rings. The number of hydrogen-bond acceptors (Lipinski definition) is 3. The molecule has 2 rings (SSSR count). The van der Waals surface area contributed by atoms with Crippen LogP contribution >= 0.6 is 0 Å². The summed E-state index contributed by atoms with van der Waals surface area (Å²) >= 11 is 0. The molecule has 0 atom stereocenters. The van der Waals surface area contributed by atoms with Crippen LogP contribution in [0.2, 0.25) is 0 Å². The normalized spacial score (nSPS) is 9.95. The molecule has 0 aliphatic heterocycles. The van der Waals surface area contributed by atoms with Crippen LogP contribution in [0.4, 0.5) is 0 Å². The number of rotatable bonds is 3. The Morgan fingerprint density at radius 2 is 2.05 bits per heavy atom. The van der Waals surface area contributed by atoms with Crippen LogP contribution in [0.25, 0.3) is 0 Å². The van der Waals surface area contributed by atoms with Gasteiger partial charge in [0.05, 0.1) is 18.2 Å². The van der Waals surface area contributed by atoms with Crippen LogP contribution in [-0.4, -0.2) is 13.0 Å². The third-order valence-electron chi connectivity index (χ3n) is 2.82. The number of nitriles is 1. The number of ether oxygens (including phenoxy) is 1. The van der Waals surface area contributed by atoms with Gasteiger partial charge in [0.2, 0.25) is 0 Å². The zero-order valence-corrected chi connectivity index (χ0v) is 10.6. The van der Waals surface area contributed by atoms with E-state index in [4.69, 9.17) is 23.0 Å². The van der Waals surface area contributed by atoms with E-state index in [9.17, 15) is 0 Å². The lowest BCUT2D eigenvalue weighted by Gasteiger charge is -2.11. The highest BCUT2D eigenvalue weighted by molar-refractivity contribution is 6.33. The van der Waals surface area contributed by atoms with E-state index in [2.05, 4.69) is 6.07 Å². The Bertz CT molecular complexity index is 647. The van der Waals surface area contributed by atoms with Crippen molar-refractivity contribution >= 4 is 13.3 Å². The molecule has 0 amide bonds. The van der Waals surface area contributed by atoms with Crippen molar-refractivity contribution in [1.29, 1.82) is 5.26 Å². The highest BCUT2D eigenvalue weighted by Crippen LogP contribution is 2.25. The first-order valence-electron chi connectivity index (χ1n) is 5.82. The number of aryl methyl sites for hydroxylation is 1. The maximum absolute atomic E-state index is 9.16. The van der Waals surface area contributed by atoms with Crippen molar-refractivity contribution in [3.8, 4) is 17.6 Å². The van der Waals surface area contributed by atoms with Crippen molar-refractivity contribution in [2.75, 3.05) is 0 Å². The van der Waals surface area contributed by atoms with Crippen molar-refractivity contribution < 1.29 is 9.84 Å². The summed E-state index contributed by atoms with van der Waals surface area (Å²) in [6.45, 7) is 1.75. The predicted molar refractivity (Wildman–Crippen MR) is 73.7 cm³/mol. The van der Waals surface area contributed by atoms with E-state index < -0.39 is 0 Å². The van der Waals surface area contributed by atoms with Gasteiger partial charge < -0.3 is 9.84 Å². The zero-order chi connectivity index (χ0) is 13.8. The van der Waals surface area contributed by atoms with E-state index in [0.717, 1.165) is 5.56 Å². The largest absolute Gasteiger partial charge is 0.457 e. The van der Waals surface area contributed by atoms with Crippen molar-refractivity contribution in [1.82, 2.24) is 0 Å². The lowest BCUT2D eigenvalue weighted by molar-refractivity contribution is 0.282. The van der Waals surface area contributed by atoms with Gasteiger partial charge >= 0.3 is 0 Å². The van der Waals surface area contributed by atoms with E-state index in [1.54, 1.807) is 36.4 Å². The molecule has 0 aliphatic carbocycles. The first kappa shape index (κ1) is 13.2. The number of aliphatic hydroxyl groups excluding tert-OH is 1. The van der Waals surface area contributed by atoms with Gasteiger partial charge in [-0.1, -0.05) is 11.5 Å². The van der Waals surface area contributed by atoms with E-state index in [0.29, 0.717) is 28.1 Å². The Labute approximate surface area is 113 Å². The molecule has 3 nitrogen and oxygen atoms in total. The molecule has 0 unspecified atom stereocenters. The van der Waals surface area contributed by atoms with E-state index in [1.807, 2.05) is 6.92 Å². The van der Waals surface area contributed by atoms with Gasteiger partial charge in [0.25, 0.3) is 0 Å². The molecule has 0 spiro atoms. The van der Waals surface area contributed by atoms with Crippen LogP contribution in [0.3, 0.4) is 0 Å². The summed E-state index contributed by atoms with van der Waals surface area (Å²) < 4.78 is 5.73. The van der Waals surface area contributed by atoms with Gasteiger partial charge in [0.15, 0.2) is 0 Å². The van der Waals surface area contributed by atoms with Gasteiger partial charge in [-0.05, 0) is 48.4 Å². The fourth-order valence-electron chi connectivity index (χ4n) is 1.74. The Hall–Kier alpha value is -2.25. The number of nitrogens with zero attached hydrogens (tertiary/aromatic N) is 1. The van der Waals surface area contributed by atoms with Gasteiger partial charge in [-0.2, -0.15) is 5.26 Å². The molecular formula is C15H12BNO2. The van der Waals surface area contributed by atoms with Crippen molar-refractivity contribution in [3.05, 3.63) is 53.1 Å². The molecule has 0 fully saturated rings. The summed E-state index contributed by atoms with van der Waals surface area (Å²) in [6.07, 6.45) is 0. The Morgan fingerprint density at radius 1 is 1.26 bits per heavy atom. The van der Waals surface area contributed by atoms with Crippen LogP contribution in [0, 0.1) is 18.3 Å². The topological polar surface area (TPSA) is 53.2 Å². The van der Waals surface area contributed by atoms with Crippen molar-refractivity contribution in [3.63, 3.8) is 0 Å². The zero-order valence-electron chi connectivity index (χ0n) is 10.6. The molecule has 0 bridgehead atoms. The van der Waals surface area contributed by atoms with E-state index >= 15 is 0 Å². The number of hydrogen-bond donors (Lipinski definition) is 1. The van der Waals surface area contributed by atoms with Gasteiger partial charge in [0, 0.05) is 0 Å². The molecule has 4 heteroatoms. The quantitative estimate of drug-likeness (QED) is 0.846. The predicted octanol–water partition coefficient (Wildman–Crippen LogP) is 1.95. The SMILES string of the molecule is [B]c1ccc(Oc2ccc(C#N)cc2C)cc1CO. The average molecular weight is 249 g/mol. The van der Waals surface area contributed by atoms with Gasteiger partial charge in [-0.25, -0.2) is 0 Å². The lowest BCUT2D eigenvalue weighted by atomic mass is 9.91. The van der Waals surface area contributed by atoms with Crippen molar-refractivity contribution in [2.45, 2.75) is 13.5 Å². The second kappa shape index (κ2) is 5.60. The Kier molecular flexibility index (Phi) is 3.89. The van der Waals surface area contributed by atoms with E-state index in [-0.39, 0.29) is 6.61 Å². The van der Waals surface area contributed by atoms with Crippen LogP contribution < -0.4 is 10.2 Å². The molecule has 2 aromatic carbocycles. The second-order valence-corrected chi connectivity index (χ2v) is 4.21. The summed E-state index contributed by atoms with van der Waals surface area (Å²) in [5.74, 6) is 1.28. The molecule has 0 saturated carbocycles. The molecule has 0 aliphatic rings. The molecule has 19 heavy (non-hydrogen) atoms. The third-order valence-corrected chi connectivity index (χ3v) is 2.82. The summed E-state index contributed by atoms with van der Waals surface area (Å²) in [5.41, 5.74) is 2.63. The monoisotopic (exact) mass is 249 g/mol. The molecule has 1 N–H and O–H groups in total. The summed E-state index contributed by atoms with van der Waals surface area (Å²) in [6, 6.07) is 12.4. The number of aliphatic hydroxyl groups is 1. The maximum Gasteiger partial charge on any atom is 0.130 e. The minimum absolute atomic E-state index is 0.130. The minimum atomic E-state index is -0.130. The van der Waals surface area contributed by atoms with Crippen LogP contribution in [-0.2, 0) is 6.61 Å². The van der Waals surface area contributed by atoms with Crippen LogP contribution in [0.15, 0.2) is 36.4 Å². The van der Waals surface area contributed by atoms with Crippen LogP contribution in [0.5, 0.6) is 11.5 Å².